The molecule has 0 atom stereocenters. The lowest BCUT2D eigenvalue weighted by atomic mass is 10.2. The standard InChI is InChI=1S/C11H10BrN3/c12-10-4-2-9(3-5-10)8-15-11-13-6-1-7-14-11/h1-7H,8H2,(H,13,14,15). The molecule has 0 fully saturated rings. The number of hydrogen-bond donors (Lipinski definition) is 1. The van der Waals surface area contributed by atoms with E-state index in [1.165, 1.54) is 5.56 Å². The van der Waals surface area contributed by atoms with Gasteiger partial charge >= 0.3 is 0 Å². The summed E-state index contributed by atoms with van der Waals surface area (Å²) in [5.41, 5.74) is 1.20. The average molecular weight is 264 g/mol. The maximum atomic E-state index is 4.08. The van der Waals surface area contributed by atoms with Crippen LogP contribution in [0.2, 0.25) is 0 Å². The highest BCUT2D eigenvalue weighted by Crippen LogP contribution is 2.11. The molecule has 0 spiro atoms. The van der Waals surface area contributed by atoms with Gasteiger partial charge in [0.1, 0.15) is 0 Å². The van der Waals surface area contributed by atoms with Gasteiger partial charge in [-0.2, -0.15) is 0 Å². The summed E-state index contributed by atoms with van der Waals surface area (Å²) in [5, 5.41) is 3.14. The molecule has 4 heteroatoms. The minimum absolute atomic E-state index is 0.653. The van der Waals surface area contributed by atoms with Crippen LogP contribution in [0.5, 0.6) is 0 Å². The second kappa shape index (κ2) is 4.89. The third-order valence-electron chi connectivity index (χ3n) is 1.93. The van der Waals surface area contributed by atoms with E-state index in [0.717, 1.165) is 11.0 Å². The van der Waals surface area contributed by atoms with Crippen molar-refractivity contribution in [1.82, 2.24) is 9.97 Å². The molecule has 1 aromatic heterocycles. The first kappa shape index (κ1) is 10.1. The van der Waals surface area contributed by atoms with Gasteiger partial charge in [-0.25, -0.2) is 9.97 Å². The quantitative estimate of drug-likeness (QED) is 0.926. The average Bonchev–Trinajstić information content (AvgIpc) is 2.30. The third-order valence-corrected chi connectivity index (χ3v) is 2.46. The second-order valence-electron chi connectivity index (χ2n) is 3.05. The Labute approximate surface area is 96.7 Å². The van der Waals surface area contributed by atoms with Crippen LogP contribution in [0.4, 0.5) is 5.95 Å². The van der Waals surface area contributed by atoms with E-state index in [-0.39, 0.29) is 0 Å². The predicted octanol–water partition coefficient (Wildman–Crippen LogP) is 2.85. The van der Waals surface area contributed by atoms with E-state index in [4.69, 9.17) is 0 Å². The molecule has 0 amide bonds. The van der Waals surface area contributed by atoms with Crippen molar-refractivity contribution in [2.45, 2.75) is 6.54 Å². The van der Waals surface area contributed by atoms with Crippen molar-refractivity contribution >= 4 is 21.9 Å². The van der Waals surface area contributed by atoms with E-state index in [9.17, 15) is 0 Å². The molecule has 1 heterocycles. The van der Waals surface area contributed by atoms with Crippen molar-refractivity contribution < 1.29 is 0 Å². The maximum Gasteiger partial charge on any atom is 0.222 e. The van der Waals surface area contributed by atoms with E-state index in [1.807, 2.05) is 12.1 Å². The fourth-order valence-electron chi connectivity index (χ4n) is 1.17. The molecule has 1 aromatic carbocycles. The molecule has 0 aliphatic rings. The normalized spacial score (nSPS) is 9.93. The van der Waals surface area contributed by atoms with Crippen LogP contribution in [0.25, 0.3) is 0 Å². The fraction of sp³-hybridized carbons (Fsp3) is 0.0909. The zero-order valence-electron chi connectivity index (χ0n) is 8.02. The first-order valence-corrected chi connectivity index (χ1v) is 5.39. The van der Waals surface area contributed by atoms with Gasteiger partial charge in [0.15, 0.2) is 0 Å². The molecule has 2 rings (SSSR count). The summed E-state index contributed by atoms with van der Waals surface area (Å²) in [5.74, 6) is 0.653. The van der Waals surface area contributed by atoms with Crippen LogP contribution in [0.3, 0.4) is 0 Å². The van der Waals surface area contributed by atoms with Crippen LogP contribution >= 0.6 is 15.9 Å². The minimum atomic E-state index is 0.653. The Balaban J connectivity index is 1.96. The number of halogens is 1. The largest absolute Gasteiger partial charge is 0.350 e. The molecule has 0 unspecified atom stereocenters. The zero-order valence-corrected chi connectivity index (χ0v) is 9.61. The summed E-state index contributed by atoms with van der Waals surface area (Å²) in [7, 11) is 0. The number of nitrogens with zero attached hydrogens (tertiary/aromatic N) is 2. The minimum Gasteiger partial charge on any atom is -0.350 e. The van der Waals surface area contributed by atoms with Gasteiger partial charge < -0.3 is 5.32 Å². The maximum absolute atomic E-state index is 4.08. The van der Waals surface area contributed by atoms with Crippen LogP contribution in [0, 0.1) is 0 Å². The molecule has 0 radical (unpaired) electrons. The van der Waals surface area contributed by atoms with Gasteiger partial charge in [-0.05, 0) is 23.8 Å². The molecular weight excluding hydrogens is 254 g/mol. The Bertz CT molecular complexity index is 414. The molecule has 3 nitrogen and oxygen atoms in total. The summed E-state index contributed by atoms with van der Waals surface area (Å²) >= 11 is 3.40. The summed E-state index contributed by atoms with van der Waals surface area (Å²) in [6.07, 6.45) is 3.44. The SMILES string of the molecule is Brc1ccc(CNc2ncccn2)cc1. The van der Waals surface area contributed by atoms with Crippen molar-refractivity contribution in [3.63, 3.8) is 0 Å². The smallest absolute Gasteiger partial charge is 0.222 e. The first-order chi connectivity index (χ1) is 7.34. The topological polar surface area (TPSA) is 37.8 Å². The molecular formula is C11H10BrN3. The monoisotopic (exact) mass is 263 g/mol. The lowest BCUT2D eigenvalue weighted by Gasteiger charge is -2.03. The number of anilines is 1. The molecule has 76 valence electrons. The van der Waals surface area contributed by atoms with Crippen molar-refractivity contribution in [1.29, 1.82) is 0 Å². The summed E-state index contributed by atoms with van der Waals surface area (Å²) < 4.78 is 1.09. The number of rotatable bonds is 3. The van der Waals surface area contributed by atoms with Crippen LogP contribution in [0.15, 0.2) is 47.2 Å². The molecule has 0 bridgehead atoms. The molecule has 0 saturated carbocycles. The van der Waals surface area contributed by atoms with E-state index in [0.29, 0.717) is 5.95 Å². The highest BCUT2D eigenvalue weighted by molar-refractivity contribution is 9.10. The van der Waals surface area contributed by atoms with E-state index >= 15 is 0 Å². The van der Waals surface area contributed by atoms with Crippen LogP contribution in [-0.4, -0.2) is 9.97 Å². The lowest BCUT2D eigenvalue weighted by Crippen LogP contribution is -2.02. The zero-order chi connectivity index (χ0) is 10.5. The Hall–Kier alpha value is -1.42. The molecule has 1 N–H and O–H groups in total. The Morgan fingerprint density at radius 3 is 2.40 bits per heavy atom. The predicted molar refractivity (Wildman–Crippen MR) is 63.5 cm³/mol. The van der Waals surface area contributed by atoms with Gasteiger partial charge in [0.05, 0.1) is 0 Å². The third kappa shape index (κ3) is 3.02. The van der Waals surface area contributed by atoms with Crippen LogP contribution in [0.1, 0.15) is 5.56 Å². The number of nitrogens with one attached hydrogen (secondary N) is 1. The highest BCUT2D eigenvalue weighted by atomic mass is 79.9. The Kier molecular flexibility index (Phi) is 3.29. The number of benzene rings is 1. The van der Waals surface area contributed by atoms with Crippen molar-refractivity contribution in [2.24, 2.45) is 0 Å². The molecule has 0 aliphatic heterocycles. The Morgan fingerprint density at radius 1 is 1.07 bits per heavy atom. The summed E-state index contributed by atoms with van der Waals surface area (Å²) in [4.78, 5) is 8.16. The second-order valence-corrected chi connectivity index (χ2v) is 3.97. The van der Waals surface area contributed by atoms with Crippen LogP contribution in [-0.2, 0) is 6.54 Å². The van der Waals surface area contributed by atoms with Gasteiger partial charge in [0.2, 0.25) is 5.95 Å². The summed E-state index contributed by atoms with van der Waals surface area (Å²) in [6.45, 7) is 0.733. The van der Waals surface area contributed by atoms with E-state index < -0.39 is 0 Å². The molecule has 15 heavy (non-hydrogen) atoms. The molecule has 0 saturated heterocycles. The highest BCUT2D eigenvalue weighted by Gasteiger charge is 1.94. The van der Waals surface area contributed by atoms with Gasteiger partial charge in [0, 0.05) is 23.4 Å². The van der Waals surface area contributed by atoms with Gasteiger partial charge in [-0.3, -0.25) is 0 Å². The van der Waals surface area contributed by atoms with E-state index in [1.54, 1.807) is 18.5 Å². The van der Waals surface area contributed by atoms with Gasteiger partial charge in [0.25, 0.3) is 0 Å². The van der Waals surface area contributed by atoms with Gasteiger partial charge in [-0.1, -0.05) is 28.1 Å². The first-order valence-electron chi connectivity index (χ1n) is 4.60. The number of aromatic nitrogens is 2. The van der Waals surface area contributed by atoms with Crippen molar-refractivity contribution in [3.05, 3.63) is 52.8 Å². The van der Waals surface area contributed by atoms with Crippen molar-refractivity contribution in [3.8, 4) is 0 Å². The molecule has 0 aliphatic carbocycles. The van der Waals surface area contributed by atoms with Crippen LogP contribution < -0.4 is 5.32 Å². The van der Waals surface area contributed by atoms with Crippen molar-refractivity contribution in [2.75, 3.05) is 5.32 Å². The Morgan fingerprint density at radius 2 is 1.73 bits per heavy atom. The molecule has 2 aromatic rings. The van der Waals surface area contributed by atoms with Gasteiger partial charge in [-0.15, -0.1) is 0 Å². The lowest BCUT2D eigenvalue weighted by molar-refractivity contribution is 1.05. The summed E-state index contributed by atoms with van der Waals surface area (Å²) in [6, 6.07) is 9.94. The fourth-order valence-corrected chi connectivity index (χ4v) is 1.44. The number of hydrogen-bond acceptors (Lipinski definition) is 3. The van der Waals surface area contributed by atoms with E-state index in [2.05, 4.69) is 43.3 Å².